The highest BCUT2D eigenvalue weighted by atomic mass is 79.9. The molecule has 0 aliphatic carbocycles. The largest absolute Gasteiger partial charge is 0.378 e. The first-order valence-corrected chi connectivity index (χ1v) is 8.88. The number of benzene rings is 1. The van der Waals surface area contributed by atoms with E-state index in [1.165, 1.54) is 4.88 Å². The molecule has 0 amide bonds. The van der Waals surface area contributed by atoms with Crippen molar-refractivity contribution in [2.75, 3.05) is 5.32 Å². The number of nitrogens with zero attached hydrogens (tertiary/aromatic N) is 2. The predicted octanol–water partition coefficient (Wildman–Crippen LogP) is 5.72. The second-order valence-corrected chi connectivity index (χ2v) is 8.05. The number of aromatic nitrogens is 2. The average Bonchev–Trinajstić information content (AvgIpc) is 3.08. The molecule has 21 heavy (non-hydrogen) atoms. The first kappa shape index (κ1) is 15.1. The van der Waals surface area contributed by atoms with E-state index in [-0.39, 0.29) is 0 Å². The van der Waals surface area contributed by atoms with Crippen LogP contribution < -0.4 is 5.32 Å². The normalized spacial score (nSPS) is 10.8. The molecule has 3 rings (SSSR count). The fraction of sp³-hybridized carbons (Fsp3) is 0.0714. The summed E-state index contributed by atoms with van der Waals surface area (Å²) in [5.74, 6) is 0. The van der Waals surface area contributed by atoms with Gasteiger partial charge in [-0.15, -0.1) is 11.3 Å². The fourth-order valence-corrected chi connectivity index (χ4v) is 4.21. The van der Waals surface area contributed by atoms with Crippen molar-refractivity contribution in [3.8, 4) is 5.69 Å². The molecule has 2 aromatic heterocycles. The lowest BCUT2D eigenvalue weighted by atomic mass is 10.2. The Labute approximate surface area is 148 Å². The standard InChI is InChI=1S/C14H10Br2ClN3S/c15-11-7-10(21-14(11)16)8-18-12-6-9(17)2-3-13(12)20-5-1-4-19-20/h1-7,18H,8H2. The summed E-state index contributed by atoms with van der Waals surface area (Å²) in [7, 11) is 0. The van der Waals surface area contributed by atoms with Crippen molar-refractivity contribution in [2.24, 2.45) is 0 Å². The van der Waals surface area contributed by atoms with Gasteiger partial charge in [0.25, 0.3) is 0 Å². The van der Waals surface area contributed by atoms with Gasteiger partial charge in [-0.1, -0.05) is 11.6 Å². The first-order valence-electron chi connectivity index (χ1n) is 6.10. The summed E-state index contributed by atoms with van der Waals surface area (Å²) in [6.45, 7) is 0.726. The van der Waals surface area contributed by atoms with E-state index < -0.39 is 0 Å². The maximum atomic E-state index is 6.11. The number of thiophene rings is 1. The molecular formula is C14H10Br2ClN3S. The van der Waals surface area contributed by atoms with Crippen molar-refractivity contribution in [1.29, 1.82) is 0 Å². The van der Waals surface area contributed by atoms with Gasteiger partial charge in [0.1, 0.15) is 0 Å². The van der Waals surface area contributed by atoms with Gasteiger partial charge < -0.3 is 5.32 Å². The Hall–Kier alpha value is -0.820. The van der Waals surface area contributed by atoms with Crippen molar-refractivity contribution in [3.63, 3.8) is 0 Å². The third-order valence-electron chi connectivity index (χ3n) is 2.86. The molecule has 0 saturated heterocycles. The lowest BCUT2D eigenvalue weighted by Crippen LogP contribution is -2.04. The van der Waals surface area contributed by atoms with E-state index in [2.05, 4.69) is 48.3 Å². The van der Waals surface area contributed by atoms with Crippen molar-refractivity contribution in [3.05, 3.63) is 60.9 Å². The molecule has 0 unspecified atom stereocenters. The minimum atomic E-state index is 0.696. The fourth-order valence-electron chi connectivity index (χ4n) is 1.92. The molecule has 3 aromatic rings. The van der Waals surface area contributed by atoms with Gasteiger partial charge in [0.05, 0.1) is 15.2 Å². The summed E-state index contributed by atoms with van der Waals surface area (Å²) in [5, 5.41) is 8.39. The Morgan fingerprint density at radius 2 is 2.14 bits per heavy atom. The smallest absolute Gasteiger partial charge is 0.0877 e. The topological polar surface area (TPSA) is 29.9 Å². The molecule has 1 aromatic carbocycles. The molecule has 7 heteroatoms. The van der Waals surface area contributed by atoms with E-state index in [4.69, 9.17) is 11.6 Å². The Balaban J connectivity index is 1.86. The van der Waals surface area contributed by atoms with Crippen LogP contribution in [0.25, 0.3) is 5.69 Å². The van der Waals surface area contributed by atoms with Gasteiger partial charge >= 0.3 is 0 Å². The van der Waals surface area contributed by atoms with Crippen LogP contribution in [0.5, 0.6) is 0 Å². The third-order valence-corrected chi connectivity index (χ3v) is 6.35. The van der Waals surface area contributed by atoms with Gasteiger partial charge in [0.15, 0.2) is 0 Å². The Bertz CT molecular complexity index is 736. The molecule has 108 valence electrons. The van der Waals surface area contributed by atoms with Crippen LogP contribution in [-0.4, -0.2) is 9.78 Å². The molecule has 0 atom stereocenters. The maximum absolute atomic E-state index is 6.11. The summed E-state index contributed by atoms with van der Waals surface area (Å²) in [6.07, 6.45) is 3.67. The molecule has 0 aliphatic heterocycles. The molecule has 0 aliphatic rings. The van der Waals surface area contributed by atoms with Crippen LogP contribution in [0.2, 0.25) is 5.02 Å². The summed E-state index contributed by atoms with van der Waals surface area (Å²) in [5.41, 5.74) is 1.92. The van der Waals surface area contributed by atoms with Crippen LogP contribution in [0.1, 0.15) is 4.88 Å². The lowest BCUT2D eigenvalue weighted by Gasteiger charge is -2.12. The summed E-state index contributed by atoms with van der Waals surface area (Å²) >= 11 is 14.8. The third kappa shape index (κ3) is 3.51. The minimum Gasteiger partial charge on any atom is -0.378 e. The highest BCUT2D eigenvalue weighted by Crippen LogP contribution is 2.33. The molecular weight excluding hydrogens is 438 g/mol. The van der Waals surface area contributed by atoms with E-state index >= 15 is 0 Å². The average molecular weight is 448 g/mol. The van der Waals surface area contributed by atoms with Crippen LogP contribution in [0.15, 0.2) is 51.0 Å². The monoisotopic (exact) mass is 445 g/mol. The summed E-state index contributed by atoms with van der Waals surface area (Å²) in [6, 6.07) is 9.72. The molecule has 0 saturated carbocycles. The zero-order valence-corrected chi connectivity index (χ0v) is 15.4. The van der Waals surface area contributed by atoms with Crippen molar-refractivity contribution >= 4 is 60.5 Å². The van der Waals surface area contributed by atoms with Crippen molar-refractivity contribution in [1.82, 2.24) is 9.78 Å². The number of anilines is 1. The van der Waals surface area contributed by atoms with Crippen molar-refractivity contribution in [2.45, 2.75) is 6.54 Å². The molecule has 0 spiro atoms. The number of nitrogens with one attached hydrogen (secondary N) is 1. The van der Waals surface area contributed by atoms with E-state index in [0.29, 0.717) is 5.02 Å². The van der Waals surface area contributed by atoms with Gasteiger partial charge in [0, 0.05) is 33.3 Å². The van der Waals surface area contributed by atoms with E-state index in [0.717, 1.165) is 26.2 Å². The Morgan fingerprint density at radius 3 is 2.81 bits per heavy atom. The number of hydrogen-bond acceptors (Lipinski definition) is 3. The van der Waals surface area contributed by atoms with Gasteiger partial charge in [-0.3, -0.25) is 0 Å². The van der Waals surface area contributed by atoms with Crippen LogP contribution in [0.3, 0.4) is 0 Å². The Morgan fingerprint density at radius 1 is 1.29 bits per heavy atom. The second-order valence-electron chi connectivity index (χ2n) is 4.30. The van der Waals surface area contributed by atoms with Gasteiger partial charge in [0.2, 0.25) is 0 Å². The van der Waals surface area contributed by atoms with Gasteiger partial charge in [-0.05, 0) is 62.2 Å². The van der Waals surface area contributed by atoms with Gasteiger partial charge in [-0.2, -0.15) is 5.10 Å². The molecule has 1 N–H and O–H groups in total. The molecule has 3 nitrogen and oxygen atoms in total. The van der Waals surface area contributed by atoms with Crippen LogP contribution in [-0.2, 0) is 6.54 Å². The maximum Gasteiger partial charge on any atom is 0.0877 e. The molecule has 0 radical (unpaired) electrons. The number of rotatable bonds is 4. The van der Waals surface area contributed by atoms with E-state index in [1.54, 1.807) is 17.5 Å². The first-order chi connectivity index (χ1) is 10.1. The quantitative estimate of drug-likeness (QED) is 0.554. The summed E-state index contributed by atoms with van der Waals surface area (Å²) in [4.78, 5) is 1.22. The van der Waals surface area contributed by atoms with Crippen LogP contribution in [0.4, 0.5) is 5.69 Å². The number of halogens is 3. The minimum absolute atomic E-state index is 0.696. The van der Waals surface area contributed by atoms with Gasteiger partial charge in [-0.25, -0.2) is 4.68 Å². The number of hydrogen-bond donors (Lipinski definition) is 1. The molecule has 2 heterocycles. The van der Waals surface area contributed by atoms with Crippen LogP contribution in [0, 0.1) is 0 Å². The highest BCUT2D eigenvalue weighted by Gasteiger charge is 2.08. The molecule has 0 bridgehead atoms. The Kier molecular flexibility index (Phi) is 4.69. The SMILES string of the molecule is Clc1ccc(-n2cccn2)c(NCc2cc(Br)c(Br)s2)c1. The van der Waals surface area contributed by atoms with E-state index in [9.17, 15) is 0 Å². The predicted molar refractivity (Wildman–Crippen MR) is 95.6 cm³/mol. The highest BCUT2D eigenvalue weighted by molar-refractivity contribution is 9.13. The lowest BCUT2D eigenvalue weighted by molar-refractivity contribution is 0.879. The second kappa shape index (κ2) is 6.52. The van der Waals surface area contributed by atoms with E-state index in [1.807, 2.05) is 35.1 Å². The molecule has 0 fully saturated rings. The summed E-state index contributed by atoms with van der Waals surface area (Å²) < 4.78 is 3.99. The van der Waals surface area contributed by atoms with Crippen molar-refractivity contribution < 1.29 is 0 Å². The zero-order chi connectivity index (χ0) is 14.8. The zero-order valence-electron chi connectivity index (χ0n) is 10.7. The van der Waals surface area contributed by atoms with Crippen LogP contribution >= 0.6 is 54.8 Å².